The molecule has 1 aliphatic carbocycles. The van der Waals surface area contributed by atoms with Crippen molar-refractivity contribution >= 4 is 22.4 Å². The Bertz CT molecular complexity index is 828. The second-order valence-corrected chi connectivity index (χ2v) is 9.68. The van der Waals surface area contributed by atoms with E-state index >= 15 is 0 Å². The quantitative estimate of drug-likeness (QED) is 0.303. The van der Waals surface area contributed by atoms with Crippen LogP contribution in [-0.2, 0) is 25.4 Å². The number of amides is 1. The van der Waals surface area contributed by atoms with E-state index in [1.807, 2.05) is 13.8 Å². The van der Waals surface area contributed by atoms with E-state index in [1.165, 1.54) is 11.3 Å². The van der Waals surface area contributed by atoms with Crippen LogP contribution >= 0.6 is 11.3 Å². The fourth-order valence-electron chi connectivity index (χ4n) is 5.05. The van der Waals surface area contributed by atoms with Crippen LogP contribution in [0.25, 0.3) is 0 Å². The van der Waals surface area contributed by atoms with E-state index < -0.39 is 54.5 Å². The summed E-state index contributed by atoms with van der Waals surface area (Å²) in [4.78, 5) is 16.8. The first-order chi connectivity index (χ1) is 15.2. The van der Waals surface area contributed by atoms with Gasteiger partial charge in [0.05, 0.1) is 42.5 Å². The number of anilines is 1. The van der Waals surface area contributed by atoms with Crippen LogP contribution in [0.15, 0.2) is 5.38 Å². The number of aromatic nitrogens is 1. The van der Waals surface area contributed by atoms with Crippen molar-refractivity contribution in [1.82, 2.24) is 15.6 Å². The molecule has 32 heavy (non-hydrogen) atoms. The van der Waals surface area contributed by atoms with Gasteiger partial charge in [-0.15, -0.1) is 11.3 Å². The number of hydrogen-bond donors (Lipinski definition) is 6. The molecule has 3 unspecified atom stereocenters. The smallest absolute Gasteiger partial charge is 0.239 e. The second kappa shape index (κ2) is 9.11. The lowest BCUT2D eigenvalue weighted by Crippen LogP contribution is -2.77. The van der Waals surface area contributed by atoms with Crippen LogP contribution in [0.5, 0.6) is 0 Å². The zero-order chi connectivity index (χ0) is 23.2. The highest BCUT2D eigenvalue weighted by Gasteiger charge is 2.63. The molecule has 11 nitrogen and oxygen atoms in total. The number of fused-ring (bicyclic) bond motifs is 2. The van der Waals surface area contributed by atoms with Crippen molar-refractivity contribution in [3.8, 4) is 0 Å². The molecule has 7 N–H and O–H groups in total. The molecule has 12 heteroatoms. The number of nitrogens with one attached hydrogen (secondary N) is 2. The normalized spacial score (nSPS) is 43.9. The number of hydrogen-bond acceptors (Lipinski definition) is 11. The Morgan fingerprint density at radius 1 is 1.34 bits per heavy atom. The first-order valence-corrected chi connectivity index (χ1v) is 11.8. The van der Waals surface area contributed by atoms with Crippen LogP contribution < -0.4 is 16.4 Å². The number of nitrogens with two attached hydrogens (primary N) is 1. The number of rotatable bonds is 5. The molecule has 180 valence electrons. The van der Waals surface area contributed by atoms with Gasteiger partial charge in [0.15, 0.2) is 5.13 Å². The Balaban J connectivity index is 1.56. The van der Waals surface area contributed by atoms with Gasteiger partial charge in [-0.3, -0.25) is 4.79 Å². The summed E-state index contributed by atoms with van der Waals surface area (Å²) in [5.41, 5.74) is 6.17. The molecule has 1 aromatic heterocycles. The summed E-state index contributed by atoms with van der Waals surface area (Å²) in [5, 5.41) is 41.1. The first-order valence-electron chi connectivity index (χ1n) is 10.9. The second-order valence-electron chi connectivity index (χ2n) is 8.79. The van der Waals surface area contributed by atoms with Crippen molar-refractivity contribution in [3.63, 3.8) is 0 Å². The Morgan fingerprint density at radius 3 is 2.72 bits per heavy atom. The van der Waals surface area contributed by atoms with Gasteiger partial charge in [0.25, 0.3) is 0 Å². The van der Waals surface area contributed by atoms with Gasteiger partial charge in [-0.2, -0.15) is 0 Å². The summed E-state index contributed by atoms with van der Waals surface area (Å²) in [5.74, 6) is -2.78. The topological polar surface area (TPSA) is 168 Å². The molecule has 3 aliphatic rings. The zero-order valence-electron chi connectivity index (χ0n) is 18.3. The van der Waals surface area contributed by atoms with E-state index in [9.17, 15) is 20.1 Å². The van der Waals surface area contributed by atoms with E-state index in [4.69, 9.17) is 19.9 Å². The minimum absolute atomic E-state index is 0.00183. The molecule has 1 aromatic rings. The molecule has 1 saturated carbocycles. The van der Waals surface area contributed by atoms with E-state index in [0.717, 1.165) is 0 Å². The number of carbonyl (C=O) groups excluding carboxylic acids is 1. The number of aliphatic hydroxyl groups excluding tert-OH is 2. The lowest BCUT2D eigenvalue weighted by atomic mass is 9.74. The van der Waals surface area contributed by atoms with Crippen LogP contribution in [0.4, 0.5) is 5.13 Å². The van der Waals surface area contributed by atoms with Crippen molar-refractivity contribution in [2.45, 2.75) is 87.8 Å². The average molecular weight is 473 g/mol. The molecule has 3 heterocycles. The molecular formula is C20H32N4O7S. The predicted molar refractivity (Wildman–Crippen MR) is 114 cm³/mol. The Kier molecular flexibility index (Phi) is 6.76. The highest BCUT2D eigenvalue weighted by molar-refractivity contribution is 7.13. The van der Waals surface area contributed by atoms with Crippen LogP contribution in [0.3, 0.4) is 0 Å². The fourth-order valence-corrected chi connectivity index (χ4v) is 5.62. The van der Waals surface area contributed by atoms with Gasteiger partial charge < -0.3 is 45.9 Å². The fraction of sp³-hybridized carbons (Fsp3) is 0.800. The van der Waals surface area contributed by atoms with Crippen molar-refractivity contribution in [2.75, 3.05) is 12.8 Å². The monoisotopic (exact) mass is 472 g/mol. The van der Waals surface area contributed by atoms with E-state index in [2.05, 4.69) is 15.6 Å². The minimum Gasteiger partial charge on any atom is -0.391 e. The third-order valence-corrected chi connectivity index (χ3v) is 7.40. The Morgan fingerprint density at radius 2 is 2.09 bits per heavy atom. The van der Waals surface area contributed by atoms with Gasteiger partial charge in [-0.05, 0) is 26.8 Å². The average Bonchev–Trinajstić information content (AvgIpc) is 3.13. The number of nitrogen functional groups attached to an aromatic ring is 1. The van der Waals surface area contributed by atoms with Crippen molar-refractivity contribution < 1.29 is 34.3 Å². The van der Waals surface area contributed by atoms with E-state index in [0.29, 0.717) is 17.2 Å². The molecule has 0 radical (unpaired) electrons. The molecule has 2 saturated heterocycles. The third kappa shape index (κ3) is 4.14. The minimum atomic E-state index is -2.00. The van der Waals surface area contributed by atoms with Gasteiger partial charge in [0, 0.05) is 11.3 Å². The number of likely N-dealkylation sites (N-methyl/N-ethyl adjacent to an activating group) is 1. The summed E-state index contributed by atoms with van der Waals surface area (Å²) in [6.07, 6.45) is -4.31. The van der Waals surface area contributed by atoms with E-state index in [-0.39, 0.29) is 24.9 Å². The third-order valence-electron chi connectivity index (χ3n) is 6.68. The highest BCUT2D eigenvalue weighted by atomic mass is 32.1. The summed E-state index contributed by atoms with van der Waals surface area (Å²) in [6.45, 7) is 3.69. The van der Waals surface area contributed by atoms with Crippen molar-refractivity contribution in [2.24, 2.45) is 5.92 Å². The largest absolute Gasteiger partial charge is 0.391 e. The van der Waals surface area contributed by atoms with E-state index in [1.54, 1.807) is 12.4 Å². The summed E-state index contributed by atoms with van der Waals surface area (Å²) >= 11 is 1.25. The predicted octanol–water partition coefficient (Wildman–Crippen LogP) is -1.29. The maximum Gasteiger partial charge on any atom is 0.239 e. The molecule has 3 fully saturated rings. The molecule has 4 rings (SSSR count). The first kappa shape index (κ1) is 23.8. The molecule has 1 amide bonds. The zero-order valence-corrected chi connectivity index (χ0v) is 19.1. The number of ether oxygens (including phenoxy) is 3. The van der Waals surface area contributed by atoms with Gasteiger partial charge in [0.2, 0.25) is 18.0 Å². The summed E-state index contributed by atoms with van der Waals surface area (Å²) in [7, 11) is 1.67. The Hall–Kier alpha value is -1.38. The molecule has 0 bridgehead atoms. The van der Waals surface area contributed by atoms with Crippen LogP contribution in [-0.4, -0.2) is 87.9 Å². The van der Waals surface area contributed by atoms with Gasteiger partial charge >= 0.3 is 0 Å². The Labute approximate surface area is 190 Å². The molecule has 2 aliphatic heterocycles. The molecule has 0 aromatic carbocycles. The van der Waals surface area contributed by atoms with Crippen LogP contribution in [0, 0.1) is 5.92 Å². The SMILES string of the molecule is CC[C@@H]1[C@H](O)[C@H](NC)C2O[C@]3(O)C(OC2[C@H]1O)O[C@H](C)C[C@H]3NC(=O)Cc1csc(N)n1. The van der Waals surface area contributed by atoms with Crippen molar-refractivity contribution in [1.29, 1.82) is 0 Å². The number of nitrogens with zero attached hydrogens (tertiary/aromatic N) is 1. The highest BCUT2D eigenvalue weighted by Crippen LogP contribution is 2.43. The number of carbonyl (C=O) groups is 1. The van der Waals surface area contributed by atoms with Crippen LogP contribution in [0.1, 0.15) is 32.4 Å². The summed E-state index contributed by atoms with van der Waals surface area (Å²) < 4.78 is 18.0. The standard InChI is InChI=1S/C20H32N4O7S/c1-4-10-14(26)13(22-3)16-17(15(10)27)30-18-20(28,31-16)11(5-8(2)29-18)24-12(25)6-9-7-32-19(21)23-9/h7-8,10-11,13-18,22,26-28H,4-6H2,1-3H3,(H2,21,23)(H,24,25)/t8-,10-,11-,13+,14+,15+,16?,17?,18?,20+/m1/s1. The maximum absolute atomic E-state index is 12.7. The lowest BCUT2D eigenvalue weighted by molar-refractivity contribution is -0.450. The maximum atomic E-state index is 12.7. The van der Waals surface area contributed by atoms with Gasteiger partial charge in [0.1, 0.15) is 12.2 Å². The molecule has 0 spiro atoms. The summed E-state index contributed by atoms with van der Waals surface area (Å²) in [6, 6.07) is -1.43. The van der Waals surface area contributed by atoms with Gasteiger partial charge in [-0.1, -0.05) is 6.92 Å². The van der Waals surface area contributed by atoms with Crippen LogP contribution in [0.2, 0.25) is 0 Å². The molecular weight excluding hydrogens is 440 g/mol. The lowest BCUT2D eigenvalue weighted by Gasteiger charge is -2.58. The number of thiazole rings is 1. The molecule has 10 atom stereocenters. The van der Waals surface area contributed by atoms with Crippen molar-refractivity contribution in [3.05, 3.63) is 11.1 Å². The van der Waals surface area contributed by atoms with Gasteiger partial charge in [-0.25, -0.2) is 4.98 Å². The number of aliphatic hydroxyl groups is 3.